The minimum Gasteiger partial charge on any atom is -0.396 e. The summed E-state index contributed by atoms with van der Waals surface area (Å²) < 4.78 is 24.3. The summed E-state index contributed by atoms with van der Waals surface area (Å²) in [6.45, 7) is 6.94. The van der Waals surface area contributed by atoms with Gasteiger partial charge in [0.05, 0.1) is 6.61 Å². The molecule has 0 heterocycles. The summed E-state index contributed by atoms with van der Waals surface area (Å²) in [5.41, 5.74) is 0. The average molecular weight is 391 g/mol. The van der Waals surface area contributed by atoms with Crippen LogP contribution in [0.2, 0.25) is 0 Å². The first kappa shape index (κ1) is 33.2. The second-order valence-corrected chi connectivity index (χ2v) is 4.61. The molecular formula is C17H42O9. The number of hydrogen-bond acceptors (Lipinski definition) is 9. The van der Waals surface area contributed by atoms with Gasteiger partial charge in [-0.2, -0.15) is 0 Å². The van der Waals surface area contributed by atoms with Gasteiger partial charge in [0.1, 0.15) is 0 Å². The van der Waals surface area contributed by atoms with E-state index >= 15 is 0 Å². The van der Waals surface area contributed by atoms with Crippen LogP contribution in [0.5, 0.6) is 0 Å². The second-order valence-electron chi connectivity index (χ2n) is 4.61. The fourth-order valence-corrected chi connectivity index (χ4v) is 0.829. The van der Waals surface area contributed by atoms with Gasteiger partial charge >= 0.3 is 6.16 Å². The molecule has 0 saturated heterocycles. The molecule has 0 bridgehead atoms. The third-order valence-electron chi connectivity index (χ3n) is 2.34. The van der Waals surface area contributed by atoms with Crippen LogP contribution in [0.3, 0.4) is 0 Å². The van der Waals surface area contributed by atoms with Crippen molar-refractivity contribution in [2.45, 2.75) is 58.9 Å². The lowest BCUT2D eigenvalue weighted by Crippen LogP contribution is -2.39. The molecule has 0 aliphatic heterocycles. The molecule has 0 aliphatic rings. The van der Waals surface area contributed by atoms with Gasteiger partial charge in [-0.05, 0) is 19.3 Å². The summed E-state index contributed by atoms with van der Waals surface area (Å²) in [4.78, 5) is 0. The predicted octanol–water partition coefficient (Wildman–Crippen LogP) is 1.07. The van der Waals surface area contributed by atoms with E-state index in [4.69, 9.17) is 39.4 Å². The molecule has 0 aromatic carbocycles. The first-order valence-corrected chi connectivity index (χ1v) is 8.71. The van der Waals surface area contributed by atoms with Crippen LogP contribution in [0.1, 0.15) is 46.5 Å². The Kier molecular flexibility index (Phi) is 37.6. The van der Waals surface area contributed by atoms with Gasteiger partial charge in [0, 0.05) is 54.7 Å². The van der Waals surface area contributed by atoms with E-state index in [0.29, 0.717) is 26.2 Å². The molecule has 0 aliphatic carbocycles. The first-order valence-electron chi connectivity index (χ1n) is 8.71. The maximum Gasteiger partial charge on any atom is 0.411 e. The van der Waals surface area contributed by atoms with Crippen molar-refractivity contribution in [3.8, 4) is 0 Å². The number of rotatable bonds is 11. The highest BCUT2D eigenvalue weighted by molar-refractivity contribution is 4.42. The van der Waals surface area contributed by atoms with Crippen molar-refractivity contribution in [3.05, 3.63) is 0 Å². The normalized spacial score (nSPS) is 11.2. The molecule has 0 radical (unpaired) electrons. The quantitative estimate of drug-likeness (QED) is 0.383. The summed E-state index contributed by atoms with van der Waals surface area (Å²) in [5, 5.41) is 32.7. The van der Waals surface area contributed by atoms with Gasteiger partial charge in [0.15, 0.2) is 6.29 Å². The molecule has 0 aromatic heterocycles. The number of ether oxygens (including phenoxy) is 5. The zero-order valence-electron chi connectivity index (χ0n) is 17.6. The summed E-state index contributed by atoms with van der Waals surface area (Å²) in [5.74, 6) is 0. The third kappa shape index (κ3) is 28.4. The predicted molar refractivity (Wildman–Crippen MR) is 99.5 cm³/mol. The molecule has 26 heavy (non-hydrogen) atoms. The number of aliphatic hydroxyl groups is 4. The molecule has 9 nitrogen and oxygen atoms in total. The standard InChI is InChI=1S/C8H18O6.3C3H8O/c1-10-7(9)5-6-14-8(11-2,12-3)13-4;3*1-2-3-4/h7,9H,5-6H2,1-4H3;3*4H,2-3H2,1H3. The Morgan fingerprint density at radius 2 is 1.04 bits per heavy atom. The van der Waals surface area contributed by atoms with Gasteiger partial charge in [0.25, 0.3) is 0 Å². The molecule has 1 atom stereocenters. The minimum atomic E-state index is -1.51. The molecule has 4 N–H and O–H groups in total. The fourth-order valence-electron chi connectivity index (χ4n) is 0.829. The highest BCUT2D eigenvalue weighted by Crippen LogP contribution is 2.14. The average Bonchev–Trinajstić information content (AvgIpc) is 2.71. The van der Waals surface area contributed by atoms with Crippen molar-refractivity contribution in [1.82, 2.24) is 0 Å². The third-order valence-corrected chi connectivity index (χ3v) is 2.34. The van der Waals surface area contributed by atoms with Gasteiger partial charge in [-0.1, -0.05) is 20.8 Å². The molecule has 0 spiro atoms. The van der Waals surface area contributed by atoms with Crippen LogP contribution < -0.4 is 0 Å². The van der Waals surface area contributed by atoms with Gasteiger partial charge in [-0.3, -0.25) is 0 Å². The van der Waals surface area contributed by atoms with E-state index in [9.17, 15) is 0 Å². The van der Waals surface area contributed by atoms with Crippen molar-refractivity contribution in [2.75, 3.05) is 54.9 Å². The van der Waals surface area contributed by atoms with Crippen LogP contribution in [0.15, 0.2) is 0 Å². The van der Waals surface area contributed by atoms with Crippen LogP contribution in [0.25, 0.3) is 0 Å². The Labute approximate surface area is 158 Å². The summed E-state index contributed by atoms with van der Waals surface area (Å²) in [6.07, 6.45) is 0.556. The van der Waals surface area contributed by atoms with E-state index in [1.807, 2.05) is 20.8 Å². The van der Waals surface area contributed by atoms with Crippen molar-refractivity contribution in [2.24, 2.45) is 0 Å². The van der Waals surface area contributed by atoms with E-state index in [1.54, 1.807) is 0 Å². The van der Waals surface area contributed by atoms with E-state index < -0.39 is 12.4 Å². The molecule has 0 fully saturated rings. The zero-order valence-corrected chi connectivity index (χ0v) is 17.6. The molecule has 0 rings (SSSR count). The zero-order chi connectivity index (χ0) is 21.3. The minimum absolute atomic E-state index is 0.185. The van der Waals surface area contributed by atoms with E-state index in [-0.39, 0.29) is 6.61 Å². The van der Waals surface area contributed by atoms with E-state index in [1.165, 1.54) is 28.4 Å². The molecule has 164 valence electrons. The molecule has 1 unspecified atom stereocenters. The van der Waals surface area contributed by atoms with E-state index in [0.717, 1.165) is 19.3 Å². The van der Waals surface area contributed by atoms with Crippen LogP contribution in [-0.2, 0) is 23.7 Å². The molecule has 0 aromatic rings. The van der Waals surface area contributed by atoms with Crippen LogP contribution in [0, 0.1) is 0 Å². The number of methoxy groups -OCH3 is 4. The molecular weight excluding hydrogens is 348 g/mol. The summed E-state index contributed by atoms with van der Waals surface area (Å²) >= 11 is 0. The molecule has 9 heteroatoms. The number of aliphatic hydroxyl groups excluding tert-OH is 4. The lowest BCUT2D eigenvalue weighted by atomic mass is 10.4. The number of hydrogen-bond donors (Lipinski definition) is 4. The van der Waals surface area contributed by atoms with Gasteiger partial charge < -0.3 is 44.1 Å². The molecule has 0 saturated carbocycles. The Morgan fingerprint density at radius 1 is 0.731 bits per heavy atom. The topological polar surface area (TPSA) is 127 Å². The highest BCUT2D eigenvalue weighted by atomic mass is 17.0. The van der Waals surface area contributed by atoms with Crippen LogP contribution in [0.4, 0.5) is 0 Å². The van der Waals surface area contributed by atoms with Crippen LogP contribution in [-0.4, -0.2) is 87.7 Å². The largest absolute Gasteiger partial charge is 0.411 e. The lowest BCUT2D eigenvalue weighted by molar-refractivity contribution is -0.480. The van der Waals surface area contributed by atoms with Crippen molar-refractivity contribution < 1.29 is 44.1 Å². The monoisotopic (exact) mass is 390 g/mol. The molecule has 0 amide bonds. The van der Waals surface area contributed by atoms with Crippen molar-refractivity contribution in [1.29, 1.82) is 0 Å². The Balaban J connectivity index is -0.000000164. The summed E-state index contributed by atoms with van der Waals surface area (Å²) in [6, 6.07) is 0. The van der Waals surface area contributed by atoms with Crippen molar-refractivity contribution >= 4 is 0 Å². The second kappa shape index (κ2) is 29.4. The van der Waals surface area contributed by atoms with Gasteiger partial charge in [0.2, 0.25) is 0 Å². The Hall–Kier alpha value is -0.360. The van der Waals surface area contributed by atoms with Crippen molar-refractivity contribution in [3.63, 3.8) is 0 Å². The highest BCUT2D eigenvalue weighted by Gasteiger charge is 2.31. The summed E-state index contributed by atoms with van der Waals surface area (Å²) in [7, 11) is 5.57. The SMILES string of the molecule is CCCO.CCCO.CCCO.COC(O)CCOC(OC)(OC)OC. The lowest BCUT2D eigenvalue weighted by Gasteiger charge is -2.27. The van der Waals surface area contributed by atoms with E-state index in [2.05, 4.69) is 4.74 Å². The smallest absolute Gasteiger partial charge is 0.396 e. The Morgan fingerprint density at radius 3 is 1.23 bits per heavy atom. The maximum absolute atomic E-state index is 9.05. The Bertz CT molecular complexity index is 191. The fraction of sp³-hybridized carbons (Fsp3) is 1.00. The van der Waals surface area contributed by atoms with Crippen LogP contribution >= 0.6 is 0 Å². The van der Waals surface area contributed by atoms with Gasteiger partial charge in [-0.15, -0.1) is 0 Å². The first-order chi connectivity index (χ1) is 12.4. The van der Waals surface area contributed by atoms with Gasteiger partial charge in [-0.25, -0.2) is 0 Å². The maximum atomic E-state index is 9.05.